The van der Waals surface area contributed by atoms with Gasteiger partial charge in [-0.3, -0.25) is 0 Å². The van der Waals surface area contributed by atoms with E-state index in [1.54, 1.807) is 24.3 Å². The summed E-state index contributed by atoms with van der Waals surface area (Å²) >= 11 is 0. The van der Waals surface area contributed by atoms with Crippen molar-refractivity contribution in [2.24, 2.45) is 0 Å². The van der Waals surface area contributed by atoms with E-state index in [1.165, 1.54) is 21.6 Å². The molecular formula is C14H16N2O4S2. The normalized spacial score (nSPS) is 13.9. The Balaban J connectivity index is 2.24. The lowest BCUT2D eigenvalue weighted by Gasteiger charge is -2.17. The highest BCUT2D eigenvalue weighted by atomic mass is 33.1. The van der Waals surface area contributed by atoms with Gasteiger partial charge in [-0.25, -0.2) is 10.4 Å². The standard InChI is InChI=1S/C14H16N2O4S2/c1-9-3-5-13(11(7-9)15(17)18)21-22-14-6-4-10(2)8-12(14)16(19)20/h3-8,15-17,19H,1-2H3. The Bertz CT molecular complexity index is 608. The van der Waals surface area contributed by atoms with Crippen molar-refractivity contribution in [2.75, 3.05) is 0 Å². The van der Waals surface area contributed by atoms with Crippen LogP contribution in [0, 0.1) is 24.3 Å². The van der Waals surface area contributed by atoms with E-state index in [-0.39, 0.29) is 11.4 Å². The van der Waals surface area contributed by atoms with Gasteiger partial charge < -0.3 is 10.4 Å². The fourth-order valence-electron chi connectivity index (χ4n) is 1.86. The summed E-state index contributed by atoms with van der Waals surface area (Å²) in [5.74, 6) is 0. The molecule has 2 aromatic rings. The molecule has 0 heterocycles. The van der Waals surface area contributed by atoms with Crippen molar-refractivity contribution >= 4 is 33.0 Å². The van der Waals surface area contributed by atoms with Gasteiger partial charge in [-0.1, -0.05) is 12.1 Å². The zero-order valence-electron chi connectivity index (χ0n) is 12.0. The van der Waals surface area contributed by atoms with Gasteiger partial charge in [0, 0.05) is 12.1 Å². The number of benzene rings is 2. The number of aryl methyl sites for hydroxylation is 2. The highest BCUT2D eigenvalue weighted by Gasteiger charge is 2.14. The van der Waals surface area contributed by atoms with Gasteiger partial charge in [0.25, 0.3) is 0 Å². The van der Waals surface area contributed by atoms with Crippen molar-refractivity contribution < 1.29 is 20.9 Å². The lowest BCUT2D eigenvalue weighted by Crippen LogP contribution is -2.99. The molecule has 0 saturated heterocycles. The number of hydrogen-bond donors (Lipinski definition) is 4. The Morgan fingerprint density at radius 1 is 0.773 bits per heavy atom. The number of nitrogens with one attached hydrogen (secondary N) is 2. The first-order valence-corrected chi connectivity index (χ1v) is 8.56. The summed E-state index contributed by atoms with van der Waals surface area (Å²) in [6, 6.07) is 10.4. The van der Waals surface area contributed by atoms with E-state index in [2.05, 4.69) is 0 Å². The Kier molecular flexibility index (Phi) is 5.84. The predicted molar refractivity (Wildman–Crippen MR) is 85.6 cm³/mol. The highest BCUT2D eigenvalue weighted by Crippen LogP contribution is 2.42. The Morgan fingerprint density at radius 3 is 1.45 bits per heavy atom. The predicted octanol–water partition coefficient (Wildman–Crippen LogP) is 1.91. The molecule has 22 heavy (non-hydrogen) atoms. The molecule has 0 aliphatic rings. The first-order chi connectivity index (χ1) is 10.4. The van der Waals surface area contributed by atoms with Crippen molar-refractivity contribution in [2.45, 2.75) is 23.6 Å². The molecule has 0 aliphatic carbocycles. The van der Waals surface area contributed by atoms with Crippen molar-refractivity contribution in [1.82, 2.24) is 0 Å². The monoisotopic (exact) mass is 340 g/mol. The van der Waals surface area contributed by atoms with Crippen LogP contribution in [0.3, 0.4) is 0 Å². The topological polar surface area (TPSA) is 95.5 Å². The van der Waals surface area contributed by atoms with Crippen molar-refractivity contribution in [3.8, 4) is 0 Å². The summed E-state index contributed by atoms with van der Waals surface area (Å²) in [5.41, 5.74) is 2.18. The van der Waals surface area contributed by atoms with Gasteiger partial charge in [-0.2, -0.15) is 10.5 Å². The Morgan fingerprint density at radius 2 is 1.14 bits per heavy atom. The largest absolute Gasteiger partial charge is 0.595 e. The summed E-state index contributed by atoms with van der Waals surface area (Å²) < 4.78 is 0. The van der Waals surface area contributed by atoms with E-state index >= 15 is 0 Å². The van der Waals surface area contributed by atoms with Crippen LogP contribution in [0.1, 0.15) is 11.1 Å². The van der Waals surface area contributed by atoms with E-state index < -0.39 is 10.5 Å². The van der Waals surface area contributed by atoms with E-state index in [9.17, 15) is 20.8 Å². The minimum atomic E-state index is -0.992. The van der Waals surface area contributed by atoms with Crippen LogP contribution in [0.15, 0.2) is 46.2 Å². The van der Waals surface area contributed by atoms with Gasteiger partial charge in [-0.05, 0) is 58.7 Å². The molecular weight excluding hydrogens is 324 g/mol. The maximum absolute atomic E-state index is 11.3. The maximum Gasteiger partial charge on any atom is 0.178 e. The lowest BCUT2D eigenvalue weighted by molar-refractivity contribution is -0.992. The quantitative estimate of drug-likeness (QED) is 0.491. The molecule has 0 aliphatic heterocycles. The first kappa shape index (κ1) is 17.3. The molecule has 0 spiro atoms. The van der Waals surface area contributed by atoms with Crippen LogP contribution >= 0.6 is 21.6 Å². The lowest BCUT2D eigenvalue weighted by atomic mass is 10.2. The fourth-order valence-corrected chi connectivity index (χ4v) is 4.17. The Labute approximate surface area is 135 Å². The number of hydrogen-bond acceptors (Lipinski definition) is 6. The third-order valence-electron chi connectivity index (χ3n) is 2.95. The minimum absolute atomic E-state index is 0.224. The average Bonchev–Trinajstić information content (AvgIpc) is 2.46. The highest BCUT2D eigenvalue weighted by molar-refractivity contribution is 8.76. The van der Waals surface area contributed by atoms with Crippen LogP contribution in [0.2, 0.25) is 0 Å². The molecule has 6 nitrogen and oxygen atoms in total. The van der Waals surface area contributed by atoms with Crippen LogP contribution in [-0.2, 0) is 0 Å². The summed E-state index contributed by atoms with van der Waals surface area (Å²) in [7, 11) is 2.49. The van der Waals surface area contributed by atoms with Crippen molar-refractivity contribution in [3.63, 3.8) is 0 Å². The van der Waals surface area contributed by atoms with Gasteiger partial charge in [0.15, 0.2) is 11.4 Å². The summed E-state index contributed by atoms with van der Waals surface area (Å²) in [4.78, 5) is 1.19. The molecule has 2 unspecified atom stereocenters. The molecule has 0 amide bonds. The van der Waals surface area contributed by atoms with Crippen LogP contribution in [0.4, 0.5) is 11.4 Å². The molecule has 2 atom stereocenters. The number of rotatable bonds is 5. The summed E-state index contributed by atoms with van der Waals surface area (Å²) in [5, 5.41) is 39.1. The van der Waals surface area contributed by atoms with Crippen molar-refractivity contribution in [1.29, 1.82) is 0 Å². The molecule has 0 radical (unpaired) electrons. The zero-order chi connectivity index (χ0) is 16.3. The molecule has 4 N–H and O–H groups in total. The molecule has 0 fully saturated rings. The van der Waals surface area contributed by atoms with Crippen molar-refractivity contribution in [3.05, 3.63) is 57.9 Å². The second-order valence-electron chi connectivity index (χ2n) is 4.78. The van der Waals surface area contributed by atoms with E-state index in [1.807, 2.05) is 26.0 Å². The summed E-state index contributed by atoms with van der Waals surface area (Å²) in [6.45, 7) is 3.66. The minimum Gasteiger partial charge on any atom is -0.595 e. The van der Waals surface area contributed by atoms with Gasteiger partial charge in [0.2, 0.25) is 0 Å². The van der Waals surface area contributed by atoms with E-state index in [4.69, 9.17) is 0 Å². The second-order valence-corrected chi connectivity index (χ2v) is 6.99. The van der Waals surface area contributed by atoms with E-state index in [0.29, 0.717) is 9.79 Å². The van der Waals surface area contributed by atoms with Crippen LogP contribution in [-0.4, -0.2) is 10.4 Å². The molecule has 118 valence electrons. The van der Waals surface area contributed by atoms with Crippen LogP contribution < -0.4 is 10.5 Å². The van der Waals surface area contributed by atoms with Crippen LogP contribution in [0.5, 0.6) is 0 Å². The zero-order valence-corrected chi connectivity index (χ0v) is 13.6. The molecule has 0 bridgehead atoms. The van der Waals surface area contributed by atoms with Gasteiger partial charge in [0.05, 0.1) is 9.79 Å². The van der Waals surface area contributed by atoms with Gasteiger partial charge >= 0.3 is 0 Å². The number of quaternary nitrogens is 2. The Hall–Kier alpha value is -1.10. The van der Waals surface area contributed by atoms with Crippen LogP contribution in [0.25, 0.3) is 0 Å². The molecule has 8 heteroatoms. The fraction of sp³-hybridized carbons (Fsp3) is 0.143. The third-order valence-corrected chi connectivity index (χ3v) is 5.43. The molecule has 2 rings (SSSR count). The first-order valence-electron chi connectivity index (χ1n) is 6.41. The van der Waals surface area contributed by atoms with Gasteiger partial charge in [-0.15, -0.1) is 0 Å². The summed E-state index contributed by atoms with van der Waals surface area (Å²) in [6.07, 6.45) is 0. The molecule has 2 aromatic carbocycles. The second kappa shape index (κ2) is 7.44. The average molecular weight is 340 g/mol. The maximum atomic E-state index is 11.3. The molecule has 0 aromatic heterocycles. The van der Waals surface area contributed by atoms with Gasteiger partial charge in [0.1, 0.15) is 0 Å². The molecule has 0 saturated carbocycles. The smallest absolute Gasteiger partial charge is 0.178 e. The van der Waals surface area contributed by atoms with E-state index in [0.717, 1.165) is 11.1 Å². The SMILES string of the molecule is Cc1ccc(SSc2ccc(C)cc2[NH+]([O-])O)c([NH+]([O-])O)c1. The third kappa shape index (κ3) is 4.22.